The zero-order chi connectivity index (χ0) is 12.4. The highest BCUT2D eigenvalue weighted by Crippen LogP contribution is 2.24. The highest BCUT2D eigenvalue weighted by atomic mass is 79.9. The lowest BCUT2D eigenvalue weighted by molar-refractivity contribution is -0.165. The molecular weight excluding hydrogens is 286 g/mol. The predicted octanol–water partition coefficient (Wildman–Crippen LogP) is 1.72. The van der Waals surface area contributed by atoms with Gasteiger partial charge in [0.15, 0.2) is 0 Å². The van der Waals surface area contributed by atoms with Crippen molar-refractivity contribution >= 4 is 27.8 Å². The average Bonchev–Trinajstić information content (AvgIpc) is 2.32. The van der Waals surface area contributed by atoms with Crippen LogP contribution in [0.4, 0.5) is 0 Å². The molecule has 0 aliphatic carbocycles. The molecule has 0 unspecified atom stereocenters. The maximum Gasteiger partial charge on any atom is 0.329 e. The predicted molar refractivity (Wildman–Crippen MR) is 65.1 cm³/mol. The van der Waals surface area contributed by atoms with Gasteiger partial charge in [-0.1, -0.05) is 28.1 Å². The van der Waals surface area contributed by atoms with Crippen molar-refractivity contribution in [3.8, 4) is 0 Å². The second kappa shape index (κ2) is 4.87. The summed E-state index contributed by atoms with van der Waals surface area (Å²) in [5.41, 5.74) is 0.987. The van der Waals surface area contributed by atoms with Crippen LogP contribution < -0.4 is 0 Å². The van der Waals surface area contributed by atoms with E-state index in [-0.39, 0.29) is 18.3 Å². The molecule has 1 aliphatic heterocycles. The summed E-state index contributed by atoms with van der Waals surface area (Å²) in [6.07, 6.45) is 0.251. The molecule has 1 aromatic rings. The summed E-state index contributed by atoms with van der Waals surface area (Å²) in [6, 6.07) is 7.24. The first kappa shape index (κ1) is 12.1. The van der Waals surface area contributed by atoms with E-state index < -0.39 is 6.04 Å². The van der Waals surface area contributed by atoms with Gasteiger partial charge in [0.25, 0.3) is 0 Å². The minimum Gasteiger partial charge on any atom is -0.467 e. The number of carbonyl (C=O) groups is 2. The molecule has 1 fully saturated rings. The zero-order valence-electron chi connectivity index (χ0n) is 9.35. The second-order valence-corrected chi connectivity index (χ2v) is 4.81. The fourth-order valence-electron chi connectivity index (χ4n) is 1.83. The van der Waals surface area contributed by atoms with E-state index >= 15 is 0 Å². The third kappa shape index (κ3) is 2.49. The Bertz CT molecular complexity index is 461. The van der Waals surface area contributed by atoms with Crippen LogP contribution in [0.15, 0.2) is 28.7 Å². The fourth-order valence-corrected chi connectivity index (χ4v) is 2.28. The number of ether oxygens (including phenoxy) is 1. The van der Waals surface area contributed by atoms with Crippen LogP contribution in [0.1, 0.15) is 12.0 Å². The number of amides is 1. The average molecular weight is 298 g/mol. The standard InChI is InChI=1S/C12H12BrNO3/c1-17-12(16)10-6-11(15)14(10)7-8-3-2-4-9(13)5-8/h2-5,10H,6-7H2,1H3/t10-/m1/s1. The van der Waals surface area contributed by atoms with E-state index in [0.717, 1.165) is 10.0 Å². The Labute approximate surface area is 108 Å². The number of nitrogens with zero attached hydrogens (tertiary/aromatic N) is 1. The summed E-state index contributed by atoms with van der Waals surface area (Å²) in [5.74, 6) is -0.361. The molecule has 17 heavy (non-hydrogen) atoms. The Morgan fingerprint density at radius 1 is 1.59 bits per heavy atom. The molecule has 4 nitrogen and oxygen atoms in total. The van der Waals surface area contributed by atoms with Crippen LogP contribution >= 0.6 is 15.9 Å². The van der Waals surface area contributed by atoms with Crippen LogP contribution in [0.2, 0.25) is 0 Å². The summed E-state index contributed by atoms with van der Waals surface area (Å²) in [7, 11) is 1.34. The number of benzene rings is 1. The van der Waals surface area contributed by atoms with Crippen LogP contribution in [0, 0.1) is 0 Å². The van der Waals surface area contributed by atoms with Gasteiger partial charge in [0.2, 0.25) is 5.91 Å². The zero-order valence-corrected chi connectivity index (χ0v) is 10.9. The lowest BCUT2D eigenvalue weighted by Gasteiger charge is -2.38. The summed E-state index contributed by atoms with van der Waals surface area (Å²) in [4.78, 5) is 24.4. The highest BCUT2D eigenvalue weighted by molar-refractivity contribution is 9.10. The van der Waals surface area contributed by atoms with E-state index in [9.17, 15) is 9.59 Å². The van der Waals surface area contributed by atoms with Gasteiger partial charge in [-0.15, -0.1) is 0 Å². The van der Waals surface area contributed by atoms with Crippen molar-refractivity contribution in [1.29, 1.82) is 0 Å². The normalized spacial score (nSPS) is 18.8. The number of hydrogen-bond acceptors (Lipinski definition) is 3. The van der Waals surface area contributed by atoms with Crippen molar-refractivity contribution < 1.29 is 14.3 Å². The molecule has 1 heterocycles. The van der Waals surface area contributed by atoms with E-state index in [2.05, 4.69) is 20.7 Å². The first-order valence-corrected chi connectivity index (χ1v) is 6.03. The van der Waals surface area contributed by atoms with Gasteiger partial charge >= 0.3 is 5.97 Å². The smallest absolute Gasteiger partial charge is 0.329 e. The fraction of sp³-hybridized carbons (Fsp3) is 0.333. The van der Waals surface area contributed by atoms with Gasteiger partial charge in [-0.3, -0.25) is 4.79 Å². The summed E-state index contributed by atoms with van der Waals surface area (Å²) >= 11 is 3.37. The lowest BCUT2D eigenvalue weighted by Crippen LogP contribution is -2.56. The Balaban J connectivity index is 2.07. The van der Waals surface area contributed by atoms with Crippen molar-refractivity contribution in [1.82, 2.24) is 4.90 Å². The number of methoxy groups -OCH3 is 1. The van der Waals surface area contributed by atoms with Crippen LogP contribution in [0.25, 0.3) is 0 Å². The number of carbonyl (C=O) groups excluding carboxylic acids is 2. The molecule has 2 rings (SSSR count). The SMILES string of the molecule is COC(=O)[C@H]1CC(=O)N1Cc1cccc(Br)c1. The maximum atomic E-state index is 11.5. The minimum atomic E-state index is -0.425. The Morgan fingerprint density at radius 3 is 2.94 bits per heavy atom. The molecule has 0 saturated carbocycles. The Morgan fingerprint density at radius 2 is 2.35 bits per heavy atom. The van der Waals surface area contributed by atoms with Crippen molar-refractivity contribution in [3.63, 3.8) is 0 Å². The van der Waals surface area contributed by atoms with Crippen LogP contribution in [0.3, 0.4) is 0 Å². The third-order valence-electron chi connectivity index (χ3n) is 2.78. The number of rotatable bonds is 3. The highest BCUT2D eigenvalue weighted by Gasteiger charge is 2.41. The molecular formula is C12H12BrNO3. The van der Waals surface area contributed by atoms with Gasteiger partial charge in [0.05, 0.1) is 13.5 Å². The molecule has 0 N–H and O–H groups in total. The largest absolute Gasteiger partial charge is 0.467 e. The minimum absolute atomic E-state index is 0.0135. The van der Waals surface area contributed by atoms with Gasteiger partial charge in [0.1, 0.15) is 6.04 Å². The second-order valence-electron chi connectivity index (χ2n) is 3.89. The van der Waals surface area contributed by atoms with Crippen molar-refractivity contribution in [2.75, 3.05) is 7.11 Å². The monoisotopic (exact) mass is 297 g/mol. The molecule has 0 aromatic heterocycles. The number of likely N-dealkylation sites (tertiary alicyclic amines) is 1. The van der Waals surface area contributed by atoms with E-state index in [4.69, 9.17) is 0 Å². The van der Waals surface area contributed by atoms with Crippen molar-refractivity contribution in [3.05, 3.63) is 34.3 Å². The summed E-state index contributed by atoms with van der Waals surface area (Å²) < 4.78 is 5.61. The third-order valence-corrected chi connectivity index (χ3v) is 3.27. The Hall–Kier alpha value is -1.36. The van der Waals surface area contributed by atoms with Gasteiger partial charge in [0, 0.05) is 11.0 Å². The number of esters is 1. The van der Waals surface area contributed by atoms with Crippen LogP contribution in [0.5, 0.6) is 0 Å². The molecule has 1 aromatic carbocycles. The molecule has 1 saturated heterocycles. The Kier molecular flexibility index (Phi) is 3.47. The molecule has 90 valence electrons. The lowest BCUT2D eigenvalue weighted by atomic mass is 10.0. The van der Waals surface area contributed by atoms with Gasteiger partial charge in [-0.05, 0) is 17.7 Å². The molecule has 1 aliphatic rings. The molecule has 0 spiro atoms. The van der Waals surface area contributed by atoms with E-state index in [1.54, 1.807) is 0 Å². The van der Waals surface area contributed by atoms with E-state index in [1.807, 2.05) is 24.3 Å². The van der Waals surface area contributed by atoms with Gasteiger partial charge in [-0.2, -0.15) is 0 Å². The first-order valence-electron chi connectivity index (χ1n) is 5.23. The molecule has 0 bridgehead atoms. The summed E-state index contributed by atoms with van der Waals surface area (Å²) in [6.45, 7) is 0.442. The molecule has 1 amide bonds. The number of halogens is 1. The van der Waals surface area contributed by atoms with Crippen LogP contribution in [-0.2, 0) is 20.9 Å². The van der Waals surface area contributed by atoms with E-state index in [1.165, 1.54) is 12.0 Å². The van der Waals surface area contributed by atoms with Crippen molar-refractivity contribution in [2.45, 2.75) is 19.0 Å². The molecule has 5 heteroatoms. The van der Waals surface area contributed by atoms with E-state index in [0.29, 0.717) is 6.54 Å². The maximum absolute atomic E-state index is 11.5. The van der Waals surface area contributed by atoms with Gasteiger partial charge < -0.3 is 9.64 Å². The van der Waals surface area contributed by atoms with Crippen LogP contribution in [-0.4, -0.2) is 29.9 Å². The summed E-state index contributed by atoms with van der Waals surface area (Å²) in [5, 5.41) is 0. The number of β-lactam (4-membered cyclic amide) rings is 1. The van der Waals surface area contributed by atoms with Crippen molar-refractivity contribution in [2.24, 2.45) is 0 Å². The molecule has 1 atom stereocenters. The first-order chi connectivity index (χ1) is 8.11. The topological polar surface area (TPSA) is 46.6 Å². The van der Waals surface area contributed by atoms with Gasteiger partial charge in [-0.25, -0.2) is 4.79 Å². The molecule has 0 radical (unpaired) electrons. The quantitative estimate of drug-likeness (QED) is 0.630. The number of hydrogen-bond donors (Lipinski definition) is 0.